The molecule has 0 spiro atoms. The van der Waals surface area contributed by atoms with Crippen LogP contribution in [-0.4, -0.2) is 14.3 Å². The van der Waals surface area contributed by atoms with Crippen LogP contribution < -0.4 is 10.5 Å². The van der Waals surface area contributed by atoms with E-state index in [0.717, 1.165) is 19.3 Å². The maximum absolute atomic E-state index is 11.8. The summed E-state index contributed by atoms with van der Waals surface area (Å²) < 4.78 is 22.6. The lowest BCUT2D eigenvalue weighted by atomic mass is 10.1. The number of hydrogen-bond acceptors (Lipinski definition) is 3. The molecule has 1 rings (SSSR count). The van der Waals surface area contributed by atoms with Crippen LogP contribution in [-0.2, 0) is 14.8 Å². The maximum atomic E-state index is 11.8. The number of carbonyl (C=O) groups excluding carboxylic acids is 1. The van der Waals surface area contributed by atoms with Gasteiger partial charge in [-0.1, -0.05) is 31.4 Å². The van der Waals surface area contributed by atoms with Crippen LogP contribution in [0.2, 0.25) is 5.02 Å². The fourth-order valence-electron chi connectivity index (χ4n) is 1.77. The average molecular weight is 319 g/mol. The number of unbranched alkanes of at least 4 members (excludes halogenated alkanes) is 2. The summed E-state index contributed by atoms with van der Waals surface area (Å²) in [6, 6.07) is 2.63. The second-order valence-electron chi connectivity index (χ2n) is 4.65. The number of amides is 1. The fourth-order valence-corrected chi connectivity index (χ4v) is 2.77. The van der Waals surface area contributed by atoms with Gasteiger partial charge < -0.3 is 5.32 Å². The van der Waals surface area contributed by atoms with Gasteiger partial charge in [0, 0.05) is 6.42 Å². The number of benzene rings is 1. The standard InChI is InChI=1S/C13H19ClN2O3S/c1-3-4-5-6-12(17)16-13-9(2)7-10(8-11(13)14)20(15,18)19/h7-8H,3-6H2,1-2H3,(H,16,17)(H2,15,18,19). The normalized spacial score (nSPS) is 11.4. The number of halogens is 1. The fraction of sp³-hybridized carbons (Fsp3) is 0.462. The Labute approximate surface area is 124 Å². The van der Waals surface area contributed by atoms with E-state index in [2.05, 4.69) is 12.2 Å². The first-order valence-corrected chi connectivity index (χ1v) is 8.31. The van der Waals surface area contributed by atoms with Crippen molar-refractivity contribution in [2.75, 3.05) is 5.32 Å². The van der Waals surface area contributed by atoms with E-state index in [1.807, 2.05) is 0 Å². The van der Waals surface area contributed by atoms with Gasteiger partial charge in [-0.15, -0.1) is 0 Å². The van der Waals surface area contributed by atoms with Crippen molar-refractivity contribution < 1.29 is 13.2 Å². The van der Waals surface area contributed by atoms with Gasteiger partial charge in [0.15, 0.2) is 0 Å². The number of sulfonamides is 1. The quantitative estimate of drug-likeness (QED) is 0.790. The molecule has 3 N–H and O–H groups in total. The van der Waals surface area contributed by atoms with Crippen molar-refractivity contribution in [1.82, 2.24) is 0 Å². The van der Waals surface area contributed by atoms with E-state index in [4.69, 9.17) is 16.7 Å². The SMILES string of the molecule is CCCCCC(=O)Nc1c(C)cc(S(N)(=O)=O)cc1Cl. The molecule has 0 radical (unpaired) electrons. The number of carbonyl (C=O) groups is 1. The van der Waals surface area contributed by atoms with Crippen molar-refractivity contribution in [1.29, 1.82) is 0 Å². The number of rotatable bonds is 6. The molecule has 20 heavy (non-hydrogen) atoms. The van der Waals surface area contributed by atoms with E-state index in [1.165, 1.54) is 12.1 Å². The Kier molecular flexibility index (Phi) is 5.98. The molecule has 1 aromatic rings. The minimum atomic E-state index is -3.81. The topological polar surface area (TPSA) is 89.3 Å². The molecule has 0 aliphatic rings. The minimum absolute atomic E-state index is 0.0658. The van der Waals surface area contributed by atoms with Gasteiger partial charge in [-0.2, -0.15) is 0 Å². The summed E-state index contributed by atoms with van der Waals surface area (Å²) in [4.78, 5) is 11.7. The Morgan fingerprint density at radius 1 is 1.35 bits per heavy atom. The van der Waals surface area contributed by atoms with Crippen LogP contribution in [0.3, 0.4) is 0 Å². The lowest BCUT2D eigenvalue weighted by Crippen LogP contribution is -2.15. The molecule has 0 saturated carbocycles. The molecule has 0 fully saturated rings. The number of hydrogen-bond donors (Lipinski definition) is 2. The number of nitrogens with one attached hydrogen (secondary N) is 1. The zero-order valence-corrected chi connectivity index (χ0v) is 13.1. The van der Waals surface area contributed by atoms with Crippen molar-refractivity contribution in [3.63, 3.8) is 0 Å². The highest BCUT2D eigenvalue weighted by atomic mass is 35.5. The van der Waals surface area contributed by atoms with Gasteiger partial charge >= 0.3 is 0 Å². The predicted molar refractivity (Wildman–Crippen MR) is 80.3 cm³/mol. The molecule has 0 aliphatic heterocycles. The minimum Gasteiger partial charge on any atom is -0.325 e. The Morgan fingerprint density at radius 2 is 2.00 bits per heavy atom. The number of primary sulfonamides is 1. The summed E-state index contributed by atoms with van der Waals surface area (Å²) in [6.07, 6.45) is 3.26. The third kappa shape index (κ3) is 4.77. The second-order valence-corrected chi connectivity index (χ2v) is 6.62. The highest BCUT2D eigenvalue weighted by Gasteiger charge is 2.15. The first-order chi connectivity index (χ1) is 9.25. The van der Waals surface area contributed by atoms with Crippen LogP contribution in [0.1, 0.15) is 38.2 Å². The summed E-state index contributed by atoms with van der Waals surface area (Å²) in [7, 11) is -3.81. The average Bonchev–Trinajstić information content (AvgIpc) is 2.32. The third-order valence-electron chi connectivity index (χ3n) is 2.86. The van der Waals surface area contributed by atoms with E-state index in [-0.39, 0.29) is 15.8 Å². The van der Waals surface area contributed by atoms with E-state index < -0.39 is 10.0 Å². The summed E-state index contributed by atoms with van der Waals surface area (Å²) in [5.41, 5.74) is 0.992. The first-order valence-electron chi connectivity index (χ1n) is 6.38. The molecule has 0 unspecified atom stereocenters. The van der Waals surface area contributed by atoms with Crippen LogP contribution in [0.25, 0.3) is 0 Å². The van der Waals surface area contributed by atoms with Crippen LogP contribution in [0, 0.1) is 6.92 Å². The van der Waals surface area contributed by atoms with Crippen LogP contribution in [0.4, 0.5) is 5.69 Å². The molecule has 5 nitrogen and oxygen atoms in total. The van der Waals surface area contributed by atoms with Gasteiger partial charge in [0.1, 0.15) is 0 Å². The highest BCUT2D eigenvalue weighted by molar-refractivity contribution is 7.89. The monoisotopic (exact) mass is 318 g/mol. The Balaban J connectivity index is 2.90. The molecule has 112 valence electrons. The van der Waals surface area contributed by atoms with Crippen molar-refractivity contribution in [3.05, 3.63) is 22.7 Å². The highest BCUT2D eigenvalue weighted by Crippen LogP contribution is 2.29. The van der Waals surface area contributed by atoms with E-state index in [9.17, 15) is 13.2 Å². The Hall–Kier alpha value is -1.11. The van der Waals surface area contributed by atoms with Gasteiger partial charge in [0.25, 0.3) is 0 Å². The zero-order chi connectivity index (χ0) is 15.3. The van der Waals surface area contributed by atoms with E-state index >= 15 is 0 Å². The smallest absolute Gasteiger partial charge is 0.238 e. The van der Waals surface area contributed by atoms with Crippen LogP contribution >= 0.6 is 11.6 Å². The lowest BCUT2D eigenvalue weighted by molar-refractivity contribution is -0.116. The zero-order valence-electron chi connectivity index (χ0n) is 11.6. The Bertz CT molecular complexity index is 577. The second kappa shape index (κ2) is 7.06. The summed E-state index contributed by atoms with van der Waals surface area (Å²) >= 11 is 6.01. The molecular formula is C13H19ClN2O3S. The molecule has 0 atom stereocenters. The van der Waals surface area contributed by atoms with Gasteiger partial charge in [-0.25, -0.2) is 13.6 Å². The first kappa shape index (κ1) is 16.9. The molecule has 0 heterocycles. The van der Waals surface area contributed by atoms with Crippen molar-refractivity contribution >= 4 is 33.2 Å². The molecule has 0 saturated heterocycles. The van der Waals surface area contributed by atoms with Crippen molar-refractivity contribution in [3.8, 4) is 0 Å². The Morgan fingerprint density at radius 3 is 2.50 bits per heavy atom. The molecule has 0 aromatic heterocycles. The van der Waals surface area contributed by atoms with Crippen molar-refractivity contribution in [2.24, 2.45) is 5.14 Å². The van der Waals surface area contributed by atoms with Gasteiger partial charge in [-0.3, -0.25) is 4.79 Å². The number of anilines is 1. The predicted octanol–water partition coefficient (Wildman–Crippen LogP) is 2.81. The molecule has 0 aliphatic carbocycles. The van der Waals surface area contributed by atoms with E-state index in [1.54, 1.807) is 6.92 Å². The summed E-state index contributed by atoms with van der Waals surface area (Å²) in [6.45, 7) is 3.73. The van der Waals surface area contributed by atoms with Crippen molar-refractivity contribution in [2.45, 2.75) is 44.4 Å². The van der Waals surface area contributed by atoms with Crippen LogP contribution in [0.5, 0.6) is 0 Å². The molecule has 0 bridgehead atoms. The van der Waals surface area contributed by atoms with Gasteiger partial charge in [0.05, 0.1) is 15.6 Å². The number of nitrogens with two attached hydrogens (primary N) is 1. The van der Waals surface area contributed by atoms with Crippen LogP contribution in [0.15, 0.2) is 17.0 Å². The molecular weight excluding hydrogens is 300 g/mol. The maximum Gasteiger partial charge on any atom is 0.238 e. The van der Waals surface area contributed by atoms with Gasteiger partial charge in [-0.05, 0) is 31.0 Å². The molecule has 1 aromatic carbocycles. The lowest BCUT2D eigenvalue weighted by Gasteiger charge is -2.12. The largest absolute Gasteiger partial charge is 0.325 e. The van der Waals surface area contributed by atoms with Gasteiger partial charge in [0.2, 0.25) is 15.9 Å². The summed E-state index contributed by atoms with van der Waals surface area (Å²) in [5.74, 6) is -0.133. The summed E-state index contributed by atoms with van der Waals surface area (Å²) in [5, 5.41) is 7.93. The number of aryl methyl sites for hydroxylation is 1. The van der Waals surface area contributed by atoms with E-state index in [0.29, 0.717) is 17.7 Å². The molecule has 1 amide bonds. The third-order valence-corrected chi connectivity index (χ3v) is 4.05. The molecule has 7 heteroatoms.